The molecule has 140 valence electrons. The highest BCUT2D eigenvalue weighted by atomic mass is 16.5. The van der Waals surface area contributed by atoms with Gasteiger partial charge in [-0.1, -0.05) is 6.42 Å². The third kappa shape index (κ3) is 5.45. The van der Waals surface area contributed by atoms with Gasteiger partial charge in [0, 0.05) is 19.6 Å². The minimum atomic E-state index is -0.212. The SMILES string of the molecule is N#Cc1ccc(O[C@@H]2COCC[C@H]2NC(=O)CCN2CCCCC2)cc1. The molecule has 0 aromatic heterocycles. The zero-order valence-electron chi connectivity index (χ0n) is 15.2. The summed E-state index contributed by atoms with van der Waals surface area (Å²) in [5, 5.41) is 12.0. The molecule has 26 heavy (non-hydrogen) atoms. The largest absolute Gasteiger partial charge is 0.486 e. The second kappa shape index (κ2) is 9.56. The monoisotopic (exact) mass is 357 g/mol. The summed E-state index contributed by atoms with van der Waals surface area (Å²) in [5.41, 5.74) is 0.597. The lowest BCUT2D eigenvalue weighted by Crippen LogP contribution is -2.51. The second-order valence-electron chi connectivity index (χ2n) is 6.98. The van der Waals surface area contributed by atoms with E-state index >= 15 is 0 Å². The van der Waals surface area contributed by atoms with Crippen LogP contribution in [0.5, 0.6) is 5.75 Å². The highest BCUT2D eigenvalue weighted by Crippen LogP contribution is 2.18. The third-order valence-electron chi connectivity index (χ3n) is 5.03. The van der Waals surface area contributed by atoms with Crippen LogP contribution in [0.4, 0.5) is 0 Å². The smallest absolute Gasteiger partial charge is 0.221 e. The van der Waals surface area contributed by atoms with Gasteiger partial charge in [-0.05, 0) is 56.6 Å². The molecule has 2 saturated heterocycles. The van der Waals surface area contributed by atoms with Gasteiger partial charge in [-0.2, -0.15) is 5.26 Å². The van der Waals surface area contributed by atoms with Crippen LogP contribution in [0.15, 0.2) is 24.3 Å². The standard InChI is InChI=1S/C20H27N3O3/c21-14-16-4-6-17(7-5-16)26-19-15-25-13-9-18(19)22-20(24)8-12-23-10-2-1-3-11-23/h4-7,18-19H,1-3,8-13,15H2,(H,22,24)/t18-,19-/m1/s1. The molecule has 1 N–H and O–H groups in total. The number of rotatable bonds is 6. The average molecular weight is 357 g/mol. The minimum Gasteiger partial charge on any atom is -0.486 e. The molecule has 2 aliphatic rings. The number of carbonyl (C=O) groups is 1. The number of nitriles is 1. The number of piperidine rings is 1. The molecule has 0 bridgehead atoms. The molecule has 1 aromatic carbocycles. The van der Waals surface area contributed by atoms with Crippen molar-refractivity contribution in [2.75, 3.05) is 32.8 Å². The molecule has 0 radical (unpaired) electrons. The summed E-state index contributed by atoms with van der Waals surface area (Å²) < 4.78 is 11.5. The second-order valence-corrected chi connectivity index (χ2v) is 6.98. The first-order chi connectivity index (χ1) is 12.7. The molecule has 0 unspecified atom stereocenters. The number of hydrogen-bond acceptors (Lipinski definition) is 5. The van der Waals surface area contributed by atoms with Gasteiger partial charge < -0.3 is 19.7 Å². The van der Waals surface area contributed by atoms with Crippen LogP contribution in [0.25, 0.3) is 0 Å². The number of likely N-dealkylation sites (tertiary alicyclic amines) is 1. The Hall–Kier alpha value is -2.10. The lowest BCUT2D eigenvalue weighted by atomic mass is 10.1. The Morgan fingerprint density at radius 1 is 1.27 bits per heavy atom. The minimum absolute atomic E-state index is 0.0479. The lowest BCUT2D eigenvalue weighted by Gasteiger charge is -2.33. The van der Waals surface area contributed by atoms with E-state index < -0.39 is 0 Å². The van der Waals surface area contributed by atoms with E-state index in [-0.39, 0.29) is 18.1 Å². The number of nitrogens with zero attached hydrogens (tertiary/aromatic N) is 2. The van der Waals surface area contributed by atoms with Crippen molar-refractivity contribution in [1.29, 1.82) is 5.26 Å². The number of hydrogen-bond donors (Lipinski definition) is 1. The van der Waals surface area contributed by atoms with Crippen LogP contribution >= 0.6 is 0 Å². The number of benzene rings is 1. The van der Waals surface area contributed by atoms with Gasteiger partial charge in [0.2, 0.25) is 5.91 Å². The van der Waals surface area contributed by atoms with Gasteiger partial charge in [0.05, 0.1) is 24.3 Å². The quantitative estimate of drug-likeness (QED) is 0.844. The van der Waals surface area contributed by atoms with E-state index in [0.717, 1.165) is 26.1 Å². The third-order valence-corrected chi connectivity index (χ3v) is 5.03. The molecule has 1 aromatic rings. The summed E-state index contributed by atoms with van der Waals surface area (Å²) in [6.45, 7) is 4.13. The molecule has 6 heteroatoms. The molecular weight excluding hydrogens is 330 g/mol. The first-order valence-electron chi connectivity index (χ1n) is 9.51. The zero-order valence-corrected chi connectivity index (χ0v) is 15.2. The summed E-state index contributed by atoms with van der Waals surface area (Å²) in [5.74, 6) is 0.767. The molecule has 3 rings (SSSR count). The Labute approximate surface area is 155 Å². The summed E-state index contributed by atoms with van der Waals surface area (Å²) in [6.07, 6.45) is 4.84. The van der Waals surface area contributed by atoms with Crippen molar-refractivity contribution in [3.8, 4) is 11.8 Å². The van der Waals surface area contributed by atoms with Crippen molar-refractivity contribution in [2.45, 2.75) is 44.2 Å². The van der Waals surface area contributed by atoms with Crippen LogP contribution in [0.1, 0.15) is 37.7 Å². The van der Waals surface area contributed by atoms with Gasteiger partial charge in [-0.25, -0.2) is 0 Å². The van der Waals surface area contributed by atoms with Gasteiger partial charge in [0.15, 0.2) is 0 Å². The Bertz CT molecular complexity index is 620. The van der Waals surface area contributed by atoms with Crippen molar-refractivity contribution in [2.24, 2.45) is 0 Å². The average Bonchev–Trinajstić information content (AvgIpc) is 2.69. The van der Waals surface area contributed by atoms with Crippen LogP contribution < -0.4 is 10.1 Å². The molecule has 0 aliphatic carbocycles. The summed E-state index contributed by atoms with van der Waals surface area (Å²) in [7, 11) is 0. The molecule has 1 amide bonds. The Balaban J connectivity index is 1.49. The fourth-order valence-electron chi connectivity index (χ4n) is 3.50. The Morgan fingerprint density at radius 3 is 2.77 bits per heavy atom. The van der Waals surface area contributed by atoms with Crippen LogP contribution in [-0.2, 0) is 9.53 Å². The predicted octanol–water partition coefficient (Wildman–Crippen LogP) is 2.09. The van der Waals surface area contributed by atoms with Gasteiger partial charge >= 0.3 is 0 Å². The van der Waals surface area contributed by atoms with Gasteiger partial charge in [0.1, 0.15) is 11.9 Å². The maximum atomic E-state index is 12.4. The molecule has 2 atom stereocenters. The van der Waals surface area contributed by atoms with Crippen molar-refractivity contribution < 1.29 is 14.3 Å². The van der Waals surface area contributed by atoms with Crippen LogP contribution in [0, 0.1) is 11.3 Å². The summed E-state index contributed by atoms with van der Waals surface area (Å²) in [6, 6.07) is 9.06. The maximum absolute atomic E-state index is 12.4. The topological polar surface area (TPSA) is 74.6 Å². The number of ether oxygens (including phenoxy) is 2. The van der Waals surface area contributed by atoms with E-state index in [0.29, 0.717) is 30.9 Å². The van der Waals surface area contributed by atoms with Crippen LogP contribution in [0.3, 0.4) is 0 Å². The normalized spacial score (nSPS) is 23.8. The molecular formula is C20H27N3O3. The van der Waals surface area contributed by atoms with E-state index in [1.54, 1.807) is 24.3 Å². The van der Waals surface area contributed by atoms with E-state index in [2.05, 4.69) is 16.3 Å². The van der Waals surface area contributed by atoms with Crippen molar-refractivity contribution in [1.82, 2.24) is 10.2 Å². The number of carbonyl (C=O) groups excluding carboxylic acids is 1. The lowest BCUT2D eigenvalue weighted by molar-refractivity contribution is -0.124. The zero-order chi connectivity index (χ0) is 18.2. The fraction of sp³-hybridized carbons (Fsp3) is 0.600. The van der Waals surface area contributed by atoms with E-state index in [1.807, 2.05) is 0 Å². The van der Waals surface area contributed by atoms with Gasteiger partial charge in [0.25, 0.3) is 0 Å². The first kappa shape index (κ1) is 18.7. The fourth-order valence-corrected chi connectivity index (χ4v) is 3.50. The Kier molecular flexibility index (Phi) is 6.87. The van der Waals surface area contributed by atoms with Gasteiger partial charge in [-0.3, -0.25) is 4.79 Å². The van der Waals surface area contributed by atoms with Crippen molar-refractivity contribution >= 4 is 5.91 Å². The summed E-state index contributed by atoms with van der Waals surface area (Å²) >= 11 is 0. The van der Waals surface area contributed by atoms with Crippen LogP contribution in [0.2, 0.25) is 0 Å². The number of amides is 1. The molecule has 2 aliphatic heterocycles. The first-order valence-corrected chi connectivity index (χ1v) is 9.51. The van der Waals surface area contributed by atoms with Crippen molar-refractivity contribution in [3.05, 3.63) is 29.8 Å². The Morgan fingerprint density at radius 2 is 2.04 bits per heavy atom. The molecule has 2 fully saturated rings. The highest BCUT2D eigenvalue weighted by Gasteiger charge is 2.29. The molecule has 6 nitrogen and oxygen atoms in total. The van der Waals surface area contributed by atoms with Gasteiger partial charge in [-0.15, -0.1) is 0 Å². The van der Waals surface area contributed by atoms with E-state index in [4.69, 9.17) is 14.7 Å². The number of nitrogens with one attached hydrogen (secondary N) is 1. The maximum Gasteiger partial charge on any atom is 0.221 e. The van der Waals surface area contributed by atoms with Crippen molar-refractivity contribution in [3.63, 3.8) is 0 Å². The van der Waals surface area contributed by atoms with Crippen LogP contribution in [-0.4, -0.2) is 55.8 Å². The molecule has 0 saturated carbocycles. The molecule has 0 spiro atoms. The summed E-state index contributed by atoms with van der Waals surface area (Å²) in [4.78, 5) is 14.7. The van der Waals surface area contributed by atoms with E-state index in [9.17, 15) is 4.79 Å². The van der Waals surface area contributed by atoms with E-state index in [1.165, 1.54) is 19.3 Å². The predicted molar refractivity (Wildman–Crippen MR) is 97.8 cm³/mol. The highest BCUT2D eigenvalue weighted by molar-refractivity contribution is 5.76. The molecule has 2 heterocycles.